The first kappa shape index (κ1) is 25.5. The summed E-state index contributed by atoms with van der Waals surface area (Å²) < 4.78 is 9.68. The van der Waals surface area contributed by atoms with Gasteiger partial charge in [0.2, 0.25) is 11.8 Å². The second-order valence-corrected chi connectivity index (χ2v) is 11.7. The Morgan fingerprint density at radius 3 is 2.71 bits per heavy atom. The standard InChI is InChI=1S/C24H37N3O6S/c1-4-8-26(10-9-25-12-15-32-16-13-25)21(30)19-24-7-6-23(3,34-24)18(22(31)33-5-2)17(24)20(29)27(19)11-14-28/h4,17-19,28H,1,5-16H2,2-3H3/t17-,18+,19?,23-,24?/m0/s1. The minimum atomic E-state index is -0.715. The van der Waals surface area contributed by atoms with Crippen LogP contribution in [0.2, 0.25) is 0 Å². The summed E-state index contributed by atoms with van der Waals surface area (Å²) in [6.07, 6.45) is 3.14. The molecular weight excluding hydrogens is 458 g/mol. The van der Waals surface area contributed by atoms with Crippen LogP contribution in [0.5, 0.6) is 0 Å². The molecule has 0 saturated carbocycles. The van der Waals surface area contributed by atoms with Crippen molar-refractivity contribution in [3.63, 3.8) is 0 Å². The molecule has 34 heavy (non-hydrogen) atoms. The molecule has 0 aromatic rings. The van der Waals surface area contributed by atoms with E-state index in [4.69, 9.17) is 9.47 Å². The number of nitrogens with zero attached hydrogens (tertiary/aromatic N) is 3. The summed E-state index contributed by atoms with van der Waals surface area (Å²) in [7, 11) is 0. The SMILES string of the molecule is C=CCN(CCN1CCOCC1)C(=O)C1N(CCO)C(=O)[C@@H]2[C@H](C(=O)OCC)[C@]3(C)CCC12S3. The highest BCUT2D eigenvalue weighted by Crippen LogP contribution is 2.71. The number of aliphatic hydroxyl groups is 1. The number of morpholine rings is 1. The summed E-state index contributed by atoms with van der Waals surface area (Å²) >= 11 is 1.62. The molecule has 1 spiro atoms. The number of hydrogen-bond donors (Lipinski definition) is 1. The van der Waals surface area contributed by atoms with Gasteiger partial charge >= 0.3 is 5.97 Å². The van der Waals surface area contributed by atoms with Gasteiger partial charge in [-0.2, -0.15) is 0 Å². The Balaban J connectivity index is 1.63. The molecule has 9 nitrogen and oxygen atoms in total. The molecule has 5 atom stereocenters. The van der Waals surface area contributed by atoms with E-state index in [1.807, 2.05) is 6.92 Å². The number of fused-ring (bicyclic) bond motifs is 1. The van der Waals surface area contributed by atoms with Crippen LogP contribution < -0.4 is 0 Å². The Morgan fingerprint density at radius 2 is 2.06 bits per heavy atom. The van der Waals surface area contributed by atoms with Gasteiger partial charge < -0.3 is 24.4 Å². The maximum Gasteiger partial charge on any atom is 0.311 e. The van der Waals surface area contributed by atoms with E-state index in [0.717, 1.165) is 26.1 Å². The van der Waals surface area contributed by atoms with Crippen molar-refractivity contribution in [1.82, 2.24) is 14.7 Å². The molecular formula is C24H37N3O6S. The molecule has 2 unspecified atom stereocenters. The van der Waals surface area contributed by atoms with E-state index < -0.39 is 27.4 Å². The lowest BCUT2D eigenvalue weighted by Crippen LogP contribution is -2.56. The molecule has 2 amide bonds. The van der Waals surface area contributed by atoms with Crippen LogP contribution in [-0.4, -0.2) is 119 Å². The lowest BCUT2D eigenvalue weighted by atomic mass is 9.66. The van der Waals surface area contributed by atoms with Crippen molar-refractivity contribution in [2.24, 2.45) is 11.8 Å². The van der Waals surface area contributed by atoms with E-state index in [1.165, 1.54) is 4.90 Å². The van der Waals surface area contributed by atoms with Crippen molar-refractivity contribution >= 4 is 29.5 Å². The molecule has 1 N–H and O–H groups in total. The smallest absolute Gasteiger partial charge is 0.311 e. The molecule has 4 fully saturated rings. The molecule has 10 heteroatoms. The minimum absolute atomic E-state index is 0.0751. The Kier molecular flexibility index (Phi) is 7.61. The first-order chi connectivity index (χ1) is 16.3. The molecule has 0 aliphatic carbocycles. The van der Waals surface area contributed by atoms with Gasteiger partial charge in [0.15, 0.2) is 0 Å². The molecule has 4 heterocycles. The molecule has 4 saturated heterocycles. The van der Waals surface area contributed by atoms with Gasteiger partial charge in [-0.15, -0.1) is 18.3 Å². The van der Waals surface area contributed by atoms with Gasteiger partial charge in [0.1, 0.15) is 6.04 Å². The molecule has 0 aromatic heterocycles. The van der Waals surface area contributed by atoms with Crippen LogP contribution in [0.4, 0.5) is 0 Å². The summed E-state index contributed by atoms with van der Waals surface area (Å²) in [6.45, 7) is 12.4. The number of esters is 1. The minimum Gasteiger partial charge on any atom is -0.466 e. The molecule has 2 bridgehead atoms. The van der Waals surface area contributed by atoms with Crippen LogP contribution in [0.3, 0.4) is 0 Å². The highest BCUT2D eigenvalue weighted by atomic mass is 32.2. The van der Waals surface area contributed by atoms with Crippen molar-refractivity contribution in [1.29, 1.82) is 0 Å². The number of thioether (sulfide) groups is 1. The molecule has 0 radical (unpaired) electrons. The summed E-state index contributed by atoms with van der Waals surface area (Å²) in [5.41, 5.74) is 0. The van der Waals surface area contributed by atoms with Gasteiger partial charge in [0, 0.05) is 44.0 Å². The van der Waals surface area contributed by atoms with Crippen molar-refractivity contribution in [3.05, 3.63) is 12.7 Å². The lowest BCUT2D eigenvalue weighted by Gasteiger charge is -2.38. The lowest BCUT2D eigenvalue weighted by molar-refractivity contribution is -0.155. The monoisotopic (exact) mass is 495 g/mol. The van der Waals surface area contributed by atoms with Gasteiger partial charge in [-0.25, -0.2) is 0 Å². The molecule has 4 rings (SSSR count). The predicted octanol–water partition coefficient (Wildman–Crippen LogP) is 0.370. The number of β-amino-alcohol motifs (C(OH)–C–C–N with tert-alkyl or cyclic N) is 1. The Morgan fingerprint density at radius 1 is 1.32 bits per heavy atom. The van der Waals surface area contributed by atoms with Crippen molar-refractivity contribution < 1.29 is 29.0 Å². The van der Waals surface area contributed by atoms with Gasteiger partial charge in [-0.3, -0.25) is 19.3 Å². The third-order valence-corrected chi connectivity index (χ3v) is 9.83. The summed E-state index contributed by atoms with van der Waals surface area (Å²) in [6, 6.07) is -0.715. The second kappa shape index (κ2) is 10.2. The van der Waals surface area contributed by atoms with E-state index in [2.05, 4.69) is 11.5 Å². The molecule has 4 aliphatic heterocycles. The van der Waals surface area contributed by atoms with E-state index in [0.29, 0.717) is 32.7 Å². The normalized spacial score (nSPS) is 34.9. The third kappa shape index (κ3) is 4.16. The summed E-state index contributed by atoms with van der Waals surface area (Å²) in [4.78, 5) is 46.4. The van der Waals surface area contributed by atoms with Gasteiger partial charge in [-0.05, 0) is 26.7 Å². The number of rotatable bonds is 10. The molecule has 190 valence electrons. The van der Waals surface area contributed by atoms with Crippen molar-refractivity contribution in [2.45, 2.75) is 42.2 Å². The summed E-state index contributed by atoms with van der Waals surface area (Å²) in [5, 5.41) is 9.75. The first-order valence-corrected chi connectivity index (χ1v) is 13.1. The number of carbonyl (C=O) groups is 3. The number of likely N-dealkylation sites (tertiary alicyclic amines) is 1. The Labute approximate surface area is 205 Å². The largest absolute Gasteiger partial charge is 0.466 e. The van der Waals surface area contributed by atoms with Gasteiger partial charge in [-0.1, -0.05) is 6.08 Å². The average molecular weight is 496 g/mol. The fourth-order valence-electron chi connectivity index (χ4n) is 6.35. The maximum atomic E-state index is 14.1. The Bertz CT molecular complexity index is 821. The number of amides is 2. The van der Waals surface area contributed by atoms with E-state index in [-0.39, 0.29) is 37.5 Å². The quantitative estimate of drug-likeness (QED) is 0.343. The fourth-order valence-corrected chi connectivity index (χ4v) is 8.69. The number of ether oxygens (including phenoxy) is 2. The average Bonchev–Trinajstić information content (AvgIpc) is 3.38. The van der Waals surface area contributed by atoms with Gasteiger partial charge in [0.05, 0.1) is 43.0 Å². The second-order valence-electron chi connectivity index (χ2n) is 9.76. The first-order valence-electron chi connectivity index (χ1n) is 12.3. The molecule has 4 aliphatic rings. The van der Waals surface area contributed by atoms with E-state index in [9.17, 15) is 19.5 Å². The van der Waals surface area contributed by atoms with E-state index >= 15 is 0 Å². The summed E-state index contributed by atoms with van der Waals surface area (Å²) in [5.74, 6) is -1.89. The zero-order chi connectivity index (χ0) is 24.5. The van der Waals surface area contributed by atoms with Crippen molar-refractivity contribution in [2.75, 3.05) is 65.7 Å². The zero-order valence-electron chi connectivity index (χ0n) is 20.2. The third-order valence-electron chi connectivity index (χ3n) is 7.84. The highest BCUT2D eigenvalue weighted by molar-refractivity contribution is 8.02. The zero-order valence-corrected chi connectivity index (χ0v) is 21.1. The van der Waals surface area contributed by atoms with Crippen LogP contribution in [-0.2, 0) is 23.9 Å². The highest BCUT2D eigenvalue weighted by Gasteiger charge is 2.77. The predicted molar refractivity (Wildman–Crippen MR) is 128 cm³/mol. The number of aliphatic hydroxyl groups excluding tert-OH is 1. The Hall–Kier alpha value is -1.62. The van der Waals surface area contributed by atoms with Crippen LogP contribution in [0.1, 0.15) is 26.7 Å². The van der Waals surface area contributed by atoms with Crippen molar-refractivity contribution in [3.8, 4) is 0 Å². The maximum absolute atomic E-state index is 14.1. The fraction of sp³-hybridized carbons (Fsp3) is 0.792. The number of hydrogen-bond acceptors (Lipinski definition) is 8. The van der Waals surface area contributed by atoms with Gasteiger partial charge in [0.25, 0.3) is 0 Å². The van der Waals surface area contributed by atoms with Crippen LogP contribution >= 0.6 is 11.8 Å². The van der Waals surface area contributed by atoms with Crippen LogP contribution in [0.15, 0.2) is 12.7 Å². The number of carbonyl (C=O) groups excluding carboxylic acids is 3. The van der Waals surface area contributed by atoms with Crippen LogP contribution in [0.25, 0.3) is 0 Å². The molecule has 0 aromatic carbocycles. The topological polar surface area (TPSA) is 99.6 Å². The van der Waals surface area contributed by atoms with Crippen LogP contribution in [0, 0.1) is 11.8 Å². The van der Waals surface area contributed by atoms with E-state index in [1.54, 1.807) is 29.7 Å².